The van der Waals surface area contributed by atoms with Gasteiger partial charge in [0.15, 0.2) is 0 Å². The molecule has 0 saturated heterocycles. The molecule has 1 aliphatic carbocycles. The Hall–Kier alpha value is -0.747. The third-order valence-electron chi connectivity index (χ3n) is 4.52. The van der Waals surface area contributed by atoms with E-state index in [2.05, 4.69) is 68.5 Å². The molecule has 0 spiro atoms. The second-order valence-corrected chi connectivity index (χ2v) is 5.81. The van der Waals surface area contributed by atoms with E-state index >= 15 is 0 Å². The summed E-state index contributed by atoms with van der Waals surface area (Å²) in [6.07, 6.45) is 3.44. The summed E-state index contributed by atoms with van der Waals surface area (Å²) >= 11 is 0. The van der Waals surface area contributed by atoms with E-state index in [4.69, 9.17) is 0 Å². The molecule has 3 aromatic carbocycles. The Morgan fingerprint density at radius 3 is 2.26 bits per heavy atom. The van der Waals surface area contributed by atoms with Gasteiger partial charge in [0.25, 0.3) is 0 Å². The van der Waals surface area contributed by atoms with Crippen molar-refractivity contribution in [3.63, 3.8) is 0 Å². The first kappa shape index (κ1) is 20.3. The van der Waals surface area contributed by atoms with Gasteiger partial charge >= 0.3 is 26.2 Å². The van der Waals surface area contributed by atoms with Crippen LogP contribution < -0.4 is 24.8 Å². The van der Waals surface area contributed by atoms with E-state index in [-0.39, 0.29) is 51.0 Å². The molecule has 115 valence electrons. The maximum atomic E-state index is 2.35. The predicted octanol–water partition coefficient (Wildman–Crippen LogP) is -0.159. The monoisotopic (exact) mass is 417 g/mol. The molecule has 0 nitrogen and oxygen atoms in total. The Morgan fingerprint density at radius 2 is 1.57 bits per heavy atom. The molecule has 0 bridgehead atoms. The Bertz CT molecular complexity index is 900. The first-order valence-electron chi connectivity index (χ1n) is 7.18. The molecule has 1 aliphatic rings. The fourth-order valence-electron chi connectivity index (χ4n) is 3.29. The summed E-state index contributed by atoms with van der Waals surface area (Å²) < 4.78 is 0. The Balaban J connectivity index is 0.000000882. The first-order chi connectivity index (χ1) is 9.74. The van der Waals surface area contributed by atoms with Crippen molar-refractivity contribution in [1.29, 1.82) is 0 Å². The van der Waals surface area contributed by atoms with Crippen LogP contribution in [0.25, 0.3) is 27.1 Å². The SMILES string of the molecule is CC1=C(C)CC(c2cccc3c2[cH-]c2ccccc23)=C1.[Cl-].[Cl-].[Zr+3]. The van der Waals surface area contributed by atoms with Gasteiger partial charge in [-0.1, -0.05) is 64.8 Å². The van der Waals surface area contributed by atoms with Crippen molar-refractivity contribution in [2.75, 3.05) is 0 Å². The standard InChI is InChI=1S/C20H17.2ClH.Zr/c1-13-10-16(11-14(13)2)18-8-5-9-19-17-7-4-3-6-15(17)12-20(18)19;;;/h3-10,12H,11H2,1-2H3;2*1H;/q-1;;;+3/p-2. The minimum absolute atomic E-state index is 0. The second-order valence-electron chi connectivity index (χ2n) is 5.81. The van der Waals surface area contributed by atoms with Gasteiger partial charge < -0.3 is 24.8 Å². The van der Waals surface area contributed by atoms with Crippen molar-refractivity contribution in [1.82, 2.24) is 0 Å². The zero-order chi connectivity index (χ0) is 13.7. The molecule has 0 aromatic heterocycles. The van der Waals surface area contributed by atoms with Gasteiger partial charge in [-0.25, -0.2) is 0 Å². The second kappa shape index (κ2) is 7.88. The number of allylic oxidation sites excluding steroid dienone is 4. The molecule has 0 N–H and O–H groups in total. The first-order valence-corrected chi connectivity index (χ1v) is 7.18. The van der Waals surface area contributed by atoms with E-state index < -0.39 is 0 Å². The van der Waals surface area contributed by atoms with E-state index in [0.717, 1.165) is 6.42 Å². The van der Waals surface area contributed by atoms with Gasteiger partial charge in [-0.2, -0.15) is 0 Å². The zero-order valence-electron chi connectivity index (χ0n) is 13.2. The number of rotatable bonds is 1. The van der Waals surface area contributed by atoms with Gasteiger partial charge in [0.1, 0.15) is 0 Å². The molecule has 23 heavy (non-hydrogen) atoms. The average Bonchev–Trinajstić information content (AvgIpc) is 2.99. The summed E-state index contributed by atoms with van der Waals surface area (Å²) in [6.45, 7) is 4.45. The van der Waals surface area contributed by atoms with Gasteiger partial charge in [0.2, 0.25) is 0 Å². The Morgan fingerprint density at radius 1 is 0.870 bits per heavy atom. The zero-order valence-corrected chi connectivity index (χ0v) is 17.1. The maximum absolute atomic E-state index is 2.35. The van der Waals surface area contributed by atoms with Crippen molar-refractivity contribution >= 4 is 27.1 Å². The largest absolute Gasteiger partial charge is 3.00 e. The molecule has 3 aromatic rings. The molecule has 0 saturated carbocycles. The summed E-state index contributed by atoms with van der Waals surface area (Å²) in [4.78, 5) is 0. The van der Waals surface area contributed by atoms with E-state index in [1.807, 2.05) is 0 Å². The van der Waals surface area contributed by atoms with Crippen molar-refractivity contribution in [3.8, 4) is 0 Å². The molecule has 0 fully saturated rings. The van der Waals surface area contributed by atoms with Crippen molar-refractivity contribution in [2.24, 2.45) is 0 Å². The summed E-state index contributed by atoms with van der Waals surface area (Å²) in [6, 6.07) is 17.7. The van der Waals surface area contributed by atoms with Gasteiger partial charge in [0, 0.05) is 0 Å². The van der Waals surface area contributed by atoms with Gasteiger partial charge in [-0.15, -0.1) is 33.7 Å². The van der Waals surface area contributed by atoms with Gasteiger partial charge in [-0.05, 0) is 20.3 Å². The summed E-state index contributed by atoms with van der Waals surface area (Å²) in [5, 5.41) is 5.47. The molecule has 0 atom stereocenters. The molecule has 0 aliphatic heterocycles. The van der Waals surface area contributed by atoms with Gasteiger partial charge in [0.05, 0.1) is 0 Å². The van der Waals surface area contributed by atoms with E-state index in [9.17, 15) is 0 Å². The normalized spacial score (nSPS) is 13.4. The van der Waals surface area contributed by atoms with E-state index in [1.54, 1.807) is 0 Å². The van der Waals surface area contributed by atoms with Crippen LogP contribution in [-0.2, 0) is 26.2 Å². The van der Waals surface area contributed by atoms with Crippen LogP contribution >= 0.6 is 0 Å². The van der Waals surface area contributed by atoms with Crippen LogP contribution in [0.2, 0.25) is 0 Å². The predicted molar refractivity (Wildman–Crippen MR) is 88.0 cm³/mol. The summed E-state index contributed by atoms with van der Waals surface area (Å²) in [7, 11) is 0. The minimum Gasteiger partial charge on any atom is -1.00 e. The van der Waals surface area contributed by atoms with Crippen molar-refractivity contribution in [2.45, 2.75) is 20.3 Å². The molecule has 4 rings (SSSR count). The third kappa shape index (κ3) is 3.38. The molecule has 1 radical (unpaired) electrons. The number of benzene rings is 2. The van der Waals surface area contributed by atoms with Crippen LogP contribution in [0.3, 0.4) is 0 Å². The third-order valence-corrected chi connectivity index (χ3v) is 4.52. The van der Waals surface area contributed by atoms with Crippen LogP contribution in [0.5, 0.6) is 0 Å². The number of hydrogen-bond acceptors (Lipinski definition) is 0. The molecule has 0 heterocycles. The molecule has 3 heteroatoms. The average molecular weight is 419 g/mol. The van der Waals surface area contributed by atoms with Crippen molar-refractivity contribution < 1.29 is 51.0 Å². The van der Waals surface area contributed by atoms with E-state index in [0.29, 0.717) is 0 Å². The molecular weight excluding hydrogens is 402 g/mol. The minimum atomic E-state index is 0. The Labute approximate surface area is 169 Å². The number of halogens is 2. The quantitative estimate of drug-likeness (QED) is 0.481. The molecular formula is C20H17Cl2Zr. The van der Waals surface area contributed by atoms with Crippen LogP contribution in [0, 0.1) is 0 Å². The van der Waals surface area contributed by atoms with Crippen LogP contribution in [0.1, 0.15) is 25.8 Å². The summed E-state index contributed by atoms with van der Waals surface area (Å²) in [5.74, 6) is 0. The molecule has 0 unspecified atom stereocenters. The number of fused-ring (bicyclic) bond motifs is 3. The van der Waals surface area contributed by atoms with E-state index in [1.165, 1.54) is 43.8 Å². The van der Waals surface area contributed by atoms with Crippen LogP contribution in [0.4, 0.5) is 0 Å². The summed E-state index contributed by atoms with van der Waals surface area (Å²) in [5.41, 5.74) is 5.78. The van der Waals surface area contributed by atoms with Gasteiger partial charge in [-0.3, -0.25) is 0 Å². The number of hydrogen-bond donors (Lipinski definition) is 0. The molecule has 0 amide bonds. The smallest absolute Gasteiger partial charge is 1.00 e. The fraction of sp³-hybridized carbons (Fsp3) is 0.150. The Kier molecular flexibility index (Phi) is 6.96. The topological polar surface area (TPSA) is 0 Å². The van der Waals surface area contributed by atoms with Crippen LogP contribution in [-0.4, -0.2) is 0 Å². The van der Waals surface area contributed by atoms with Crippen molar-refractivity contribution in [3.05, 3.63) is 71.3 Å². The maximum Gasteiger partial charge on any atom is 3.00 e. The fourth-order valence-corrected chi connectivity index (χ4v) is 3.29. The van der Waals surface area contributed by atoms with Crippen LogP contribution in [0.15, 0.2) is 65.8 Å².